The molecule has 2 heterocycles. The second kappa shape index (κ2) is 10.5. The maximum atomic E-state index is 13.3. The van der Waals surface area contributed by atoms with Gasteiger partial charge in [0.2, 0.25) is 5.91 Å². The molecule has 33 heavy (non-hydrogen) atoms. The zero-order valence-corrected chi connectivity index (χ0v) is 19.1. The second-order valence-corrected chi connectivity index (χ2v) is 8.10. The molecule has 7 nitrogen and oxygen atoms in total. The smallest absolute Gasteiger partial charge is 0.277 e. The average Bonchev–Trinajstić information content (AvgIpc) is 3.19. The predicted octanol–water partition coefficient (Wildman–Crippen LogP) is 3.87. The van der Waals surface area contributed by atoms with Crippen molar-refractivity contribution < 1.29 is 9.53 Å². The number of aryl methyl sites for hydroxylation is 1. The van der Waals surface area contributed by atoms with Gasteiger partial charge < -0.3 is 14.6 Å². The fourth-order valence-corrected chi connectivity index (χ4v) is 3.96. The molecule has 8 heteroatoms. The number of nitrogens with one attached hydrogen (secondary N) is 1. The highest BCUT2D eigenvalue weighted by molar-refractivity contribution is 6.31. The Morgan fingerprint density at radius 2 is 1.85 bits per heavy atom. The number of methoxy groups -OCH3 is 1. The molecule has 0 radical (unpaired) electrons. The third-order valence-corrected chi connectivity index (χ3v) is 5.79. The zero-order chi connectivity index (χ0) is 23.2. The van der Waals surface area contributed by atoms with Gasteiger partial charge in [-0.3, -0.25) is 14.2 Å². The summed E-state index contributed by atoms with van der Waals surface area (Å²) in [6, 6.07) is 17.1. The number of rotatable bonds is 9. The van der Waals surface area contributed by atoms with Crippen LogP contribution in [0.5, 0.6) is 0 Å². The topological polar surface area (TPSA) is 78.2 Å². The lowest BCUT2D eigenvalue weighted by atomic mass is 10.1. The predicted molar refractivity (Wildman–Crippen MR) is 129 cm³/mol. The Hall–Kier alpha value is -3.42. The van der Waals surface area contributed by atoms with E-state index >= 15 is 0 Å². The van der Waals surface area contributed by atoms with E-state index in [1.165, 1.54) is 0 Å². The van der Waals surface area contributed by atoms with E-state index in [0.717, 1.165) is 16.7 Å². The van der Waals surface area contributed by atoms with Gasteiger partial charge in [-0.05, 0) is 23.6 Å². The molecule has 4 aromatic rings. The fraction of sp³-hybridized carbons (Fsp3) is 0.240. The van der Waals surface area contributed by atoms with Crippen molar-refractivity contribution >= 4 is 28.5 Å². The lowest BCUT2D eigenvalue weighted by molar-refractivity contribution is -0.121. The van der Waals surface area contributed by atoms with Crippen LogP contribution in [-0.4, -0.2) is 33.7 Å². The largest absolute Gasteiger partial charge is 0.385 e. The maximum Gasteiger partial charge on any atom is 0.277 e. The molecule has 4 rings (SSSR count). The molecule has 0 spiro atoms. The summed E-state index contributed by atoms with van der Waals surface area (Å²) in [5.74, 6) is -0.222. The van der Waals surface area contributed by atoms with E-state index in [1.807, 2.05) is 54.7 Å². The van der Waals surface area contributed by atoms with Crippen LogP contribution in [0.1, 0.15) is 12.0 Å². The SMILES string of the molecule is COCCCn1cnc2c(-c3ccccc3)cn(CC(=O)NCc3ccccc3Cl)c2c1=O. The van der Waals surface area contributed by atoms with Crippen LogP contribution < -0.4 is 10.9 Å². The third-order valence-electron chi connectivity index (χ3n) is 5.42. The minimum atomic E-state index is -0.222. The summed E-state index contributed by atoms with van der Waals surface area (Å²) >= 11 is 6.19. The van der Waals surface area contributed by atoms with Crippen LogP contribution in [0.3, 0.4) is 0 Å². The first-order valence-corrected chi connectivity index (χ1v) is 11.1. The number of carbonyl (C=O) groups excluding carboxylic acids is 1. The van der Waals surface area contributed by atoms with Gasteiger partial charge in [-0.15, -0.1) is 0 Å². The summed E-state index contributed by atoms with van der Waals surface area (Å²) in [6.07, 6.45) is 4.08. The Balaban J connectivity index is 1.66. The zero-order valence-electron chi connectivity index (χ0n) is 18.3. The van der Waals surface area contributed by atoms with Crippen LogP contribution in [0.2, 0.25) is 5.02 Å². The Morgan fingerprint density at radius 3 is 2.61 bits per heavy atom. The number of ether oxygens (including phenoxy) is 1. The van der Waals surface area contributed by atoms with E-state index in [-0.39, 0.29) is 18.0 Å². The molecule has 0 aliphatic heterocycles. The number of hydrogen-bond donors (Lipinski definition) is 1. The van der Waals surface area contributed by atoms with Gasteiger partial charge in [0.25, 0.3) is 5.56 Å². The molecule has 1 amide bonds. The molecule has 0 fully saturated rings. The monoisotopic (exact) mass is 464 g/mol. The quantitative estimate of drug-likeness (QED) is 0.381. The van der Waals surface area contributed by atoms with Gasteiger partial charge in [0.1, 0.15) is 17.6 Å². The Kier molecular flexibility index (Phi) is 7.22. The standard InChI is InChI=1S/C25H25ClN4O3/c1-33-13-7-12-29-17-28-23-20(18-8-3-2-4-9-18)15-30(24(23)25(29)32)16-22(31)27-14-19-10-5-6-11-21(19)26/h2-6,8-11,15,17H,7,12-14,16H2,1H3,(H,27,31). The average molecular weight is 465 g/mol. The minimum Gasteiger partial charge on any atom is -0.385 e. The number of aromatic nitrogens is 3. The van der Waals surface area contributed by atoms with Gasteiger partial charge in [0, 0.05) is 43.6 Å². The van der Waals surface area contributed by atoms with Crippen molar-refractivity contribution in [2.45, 2.75) is 26.1 Å². The van der Waals surface area contributed by atoms with Crippen molar-refractivity contribution in [1.29, 1.82) is 0 Å². The van der Waals surface area contributed by atoms with Gasteiger partial charge in [0.15, 0.2) is 0 Å². The van der Waals surface area contributed by atoms with Crippen LogP contribution in [0, 0.1) is 0 Å². The van der Waals surface area contributed by atoms with Gasteiger partial charge in [-0.1, -0.05) is 60.1 Å². The van der Waals surface area contributed by atoms with E-state index in [2.05, 4.69) is 10.3 Å². The molecule has 0 unspecified atom stereocenters. The van der Waals surface area contributed by atoms with Crippen LogP contribution >= 0.6 is 11.6 Å². The number of hydrogen-bond acceptors (Lipinski definition) is 4. The number of nitrogens with zero attached hydrogens (tertiary/aromatic N) is 3. The van der Waals surface area contributed by atoms with E-state index in [0.29, 0.717) is 42.2 Å². The molecule has 2 aromatic heterocycles. The van der Waals surface area contributed by atoms with Crippen molar-refractivity contribution in [2.75, 3.05) is 13.7 Å². The molecule has 0 saturated heterocycles. The molecule has 0 bridgehead atoms. The van der Waals surface area contributed by atoms with Crippen molar-refractivity contribution in [3.05, 3.63) is 88.1 Å². The van der Waals surface area contributed by atoms with Crippen LogP contribution in [0.4, 0.5) is 0 Å². The lowest BCUT2D eigenvalue weighted by Gasteiger charge is -2.09. The van der Waals surface area contributed by atoms with Gasteiger partial charge in [0.05, 0.1) is 6.33 Å². The van der Waals surface area contributed by atoms with Crippen molar-refractivity contribution in [2.24, 2.45) is 0 Å². The molecule has 0 saturated carbocycles. The van der Waals surface area contributed by atoms with E-state index in [9.17, 15) is 9.59 Å². The molecule has 1 N–H and O–H groups in total. The van der Waals surface area contributed by atoms with Crippen LogP contribution in [0.25, 0.3) is 22.2 Å². The first kappa shape index (κ1) is 22.8. The van der Waals surface area contributed by atoms with E-state index in [1.54, 1.807) is 28.6 Å². The highest BCUT2D eigenvalue weighted by atomic mass is 35.5. The molecule has 0 atom stereocenters. The highest BCUT2D eigenvalue weighted by Gasteiger charge is 2.18. The molecule has 170 valence electrons. The number of carbonyl (C=O) groups is 1. The van der Waals surface area contributed by atoms with Crippen LogP contribution in [0.15, 0.2) is 71.9 Å². The molecular formula is C25H25ClN4O3. The summed E-state index contributed by atoms with van der Waals surface area (Å²) in [7, 11) is 1.63. The summed E-state index contributed by atoms with van der Waals surface area (Å²) in [4.78, 5) is 30.7. The first-order chi connectivity index (χ1) is 16.1. The fourth-order valence-electron chi connectivity index (χ4n) is 3.75. The van der Waals surface area contributed by atoms with Gasteiger partial charge >= 0.3 is 0 Å². The minimum absolute atomic E-state index is 0.00715. The van der Waals surface area contributed by atoms with Crippen molar-refractivity contribution in [3.63, 3.8) is 0 Å². The highest BCUT2D eigenvalue weighted by Crippen LogP contribution is 2.27. The Bertz CT molecular complexity index is 1310. The summed E-state index contributed by atoms with van der Waals surface area (Å²) in [5.41, 5.74) is 3.37. The summed E-state index contributed by atoms with van der Waals surface area (Å²) in [6.45, 7) is 1.33. The number of amides is 1. The van der Waals surface area contributed by atoms with Crippen molar-refractivity contribution in [1.82, 2.24) is 19.4 Å². The maximum absolute atomic E-state index is 13.3. The van der Waals surface area contributed by atoms with Gasteiger partial charge in [-0.2, -0.15) is 0 Å². The Morgan fingerprint density at radius 1 is 1.09 bits per heavy atom. The van der Waals surface area contributed by atoms with Gasteiger partial charge in [-0.25, -0.2) is 4.98 Å². The summed E-state index contributed by atoms with van der Waals surface area (Å²) < 4.78 is 8.34. The van der Waals surface area contributed by atoms with Crippen molar-refractivity contribution in [3.8, 4) is 11.1 Å². The number of fused-ring (bicyclic) bond motifs is 1. The van der Waals surface area contributed by atoms with E-state index < -0.39 is 0 Å². The number of benzene rings is 2. The molecule has 0 aliphatic rings. The lowest BCUT2D eigenvalue weighted by Crippen LogP contribution is -2.29. The normalized spacial score (nSPS) is 11.1. The number of halogens is 1. The third kappa shape index (κ3) is 5.16. The molecular weight excluding hydrogens is 440 g/mol. The molecule has 2 aromatic carbocycles. The Labute approximate surface area is 196 Å². The summed E-state index contributed by atoms with van der Waals surface area (Å²) in [5, 5.41) is 3.48. The van der Waals surface area contributed by atoms with Crippen LogP contribution in [-0.2, 0) is 29.2 Å². The molecule has 0 aliphatic carbocycles. The van der Waals surface area contributed by atoms with E-state index in [4.69, 9.17) is 16.3 Å². The second-order valence-electron chi connectivity index (χ2n) is 7.69. The first-order valence-electron chi connectivity index (χ1n) is 10.7.